The number of pyridine rings is 1. The van der Waals surface area contributed by atoms with E-state index in [0.717, 1.165) is 35.7 Å². The molecule has 150 valence electrons. The normalized spacial score (nSPS) is 14.4. The van der Waals surface area contributed by atoms with E-state index in [-0.39, 0.29) is 5.91 Å². The number of nitrogens with zero attached hydrogens (tertiary/aromatic N) is 3. The van der Waals surface area contributed by atoms with Crippen molar-refractivity contribution in [3.8, 4) is 5.69 Å². The van der Waals surface area contributed by atoms with Crippen LogP contribution in [-0.4, -0.2) is 28.5 Å². The van der Waals surface area contributed by atoms with Gasteiger partial charge in [-0.3, -0.25) is 4.79 Å². The molecule has 2 aromatic heterocycles. The third kappa shape index (κ3) is 5.25. The third-order valence-corrected chi connectivity index (χ3v) is 5.43. The number of carbonyl (C=O) groups is 1. The molecular formula is C24H28N4O. The highest BCUT2D eigenvalue weighted by atomic mass is 16.1. The van der Waals surface area contributed by atoms with Crippen LogP contribution in [0.4, 0.5) is 5.82 Å². The van der Waals surface area contributed by atoms with Crippen LogP contribution in [0.1, 0.15) is 36.8 Å². The quantitative estimate of drug-likeness (QED) is 0.691. The fourth-order valence-electron chi connectivity index (χ4n) is 3.75. The molecule has 29 heavy (non-hydrogen) atoms. The summed E-state index contributed by atoms with van der Waals surface area (Å²) in [6.45, 7) is 2.69. The lowest BCUT2D eigenvalue weighted by Crippen LogP contribution is -2.26. The molecule has 5 heteroatoms. The van der Waals surface area contributed by atoms with Gasteiger partial charge in [-0.25, -0.2) is 4.98 Å². The number of hydrogen-bond donors (Lipinski definition) is 1. The van der Waals surface area contributed by atoms with Crippen LogP contribution in [0.15, 0.2) is 67.1 Å². The van der Waals surface area contributed by atoms with Crippen molar-refractivity contribution in [2.45, 2.75) is 38.6 Å². The Balaban J connectivity index is 1.27. The van der Waals surface area contributed by atoms with Crippen molar-refractivity contribution >= 4 is 11.7 Å². The highest BCUT2D eigenvalue weighted by Crippen LogP contribution is 2.17. The highest BCUT2D eigenvalue weighted by Gasteiger charge is 2.11. The first-order valence-corrected chi connectivity index (χ1v) is 10.5. The highest BCUT2D eigenvalue weighted by molar-refractivity contribution is 5.78. The number of rotatable bonds is 6. The van der Waals surface area contributed by atoms with E-state index in [1.165, 1.54) is 25.7 Å². The zero-order valence-electron chi connectivity index (χ0n) is 16.8. The summed E-state index contributed by atoms with van der Waals surface area (Å²) in [5, 5.41) is 3.00. The number of anilines is 1. The number of carbonyl (C=O) groups excluding carboxylic acids is 1. The molecule has 3 heterocycles. The van der Waals surface area contributed by atoms with Gasteiger partial charge in [0.1, 0.15) is 5.82 Å². The van der Waals surface area contributed by atoms with E-state index in [4.69, 9.17) is 0 Å². The van der Waals surface area contributed by atoms with Crippen molar-refractivity contribution < 1.29 is 4.79 Å². The van der Waals surface area contributed by atoms with Crippen molar-refractivity contribution in [2.24, 2.45) is 0 Å². The van der Waals surface area contributed by atoms with Crippen LogP contribution in [0.25, 0.3) is 5.69 Å². The molecule has 4 rings (SSSR count). The van der Waals surface area contributed by atoms with Crippen LogP contribution < -0.4 is 10.2 Å². The summed E-state index contributed by atoms with van der Waals surface area (Å²) in [7, 11) is 0. The number of aromatic nitrogens is 2. The van der Waals surface area contributed by atoms with E-state index < -0.39 is 0 Å². The molecule has 0 atom stereocenters. The maximum absolute atomic E-state index is 12.3. The molecule has 5 nitrogen and oxygen atoms in total. The first-order valence-electron chi connectivity index (χ1n) is 10.5. The van der Waals surface area contributed by atoms with Crippen LogP contribution >= 0.6 is 0 Å². The van der Waals surface area contributed by atoms with Gasteiger partial charge in [0.05, 0.1) is 6.42 Å². The Morgan fingerprint density at radius 1 is 0.897 bits per heavy atom. The van der Waals surface area contributed by atoms with Crippen molar-refractivity contribution in [1.29, 1.82) is 0 Å². The van der Waals surface area contributed by atoms with Gasteiger partial charge < -0.3 is 14.8 Å². The third-order valence-electron chi connectivity index (χ3n) is 5.43. The summed E-state index contributed by atoms with van der Waals surface area (Å²) in [6.07, 6.45) is 11.4. The van der Waals surface area contributed by atoms with E-state index in [1.54, 1.807) is 0 Å². The van der Waals surface area contributed by atoms with Crippen LogP contribution in [-0.2, 0) is 17.8 Å². The van der Waals surface area contributed by atoms with Gasteiger partial charge in [0.2, 0.25) is 5.91 Å². The molecular weight excluding hydrogens is 360 g/mol. The van der Waals surface area contributed by atoms with Crippen molar-refractivity contribution in [2.75, 3.05) is 18.0 Å². The lowest BCUT2D eigenvalue weighted by Gasteiger charge is -2.21. The largest absolute Gasteiger partial charge is 0.357 e. The van der Waals surface area contributed by atoms with Gasteiger partial charge in [0.25, 0.3) is 0 Å². The molecule has 1 aliphatic heterocycles. The van der Waals surface area contributed by atoms with Gasteiger partial charge in [0.15, 0.2) is 0 Å². The summed E-state index contributed by atoms with van der Waals surface area (Å²) >= 11 is 0. The van der Waals surface area contributed by atoms with Crippen molar-refractivity contribution in [3.05, 3.63) is 78.2 Å². The Labute approximate surface area is 172 Å². The van der Waals surface area contributed by atoms with Crippen molar-refractivity contribution in [1.82, 2.24) is 14.9 Å². The molecule has 0 unspecified atom stereocenters. The Morgan fingerprint density at radius 3 is 2.24 bits per heavy atom. The Hall–Kier alpha value is -3.08. The maximum Gasteiger partial charge on any atom is 0.224 e. The van der Waals surface area contributed by atoms with Gasteiger partial charge in [-0.15, -0.1) is 0 Å². The number of amides is 1. The smallest absolute Gasteiger partial charge is 0.224 e. The zero-order valence-corrected chi connectivity index (χ0v) is 16.8. The Bertz CT molecular complexity index is 893. The lowest BCUT2D eigenvalue weighted by atomic mass is 10.1. The second-order valence-corrected chi connectivity index (χ2v) is 7.64. The molecule has 1 fully saturated rings. The topological polar surface area (TPSA) is 50.2 Å². The fourth-order valence-corrected chi connectivity index (χ4v) is 3.75. The molecule has 0 spiro atoms. The predicted molar refractivity (Wildman–Crippen MR) is 116 cm³/mol. The van der Waals surface area contributed by atoms with Gasteiger partial charge >= 0.3 is 0 Å². The average Bonchev–Trinajstić information content (AvgIpc) is 3.16. The van der Waals surface area contributed by atoms with Gasteiger partial charge in [-0.2, -0.15) is 0 Å². The standard InChI is InChI=1S/C24H28N4O/c29-24(17-20-7-10-22(11-8-20)27-13-5-6-14-27)26-19-21-9-12-23(25-18-21)28-15-3-1-2-4-16-28/h5-14,18H,1-4,15-17,19H2,(H,26,29). The Kier molecular flexibility index (Phi) is 6.25. The molecule has 0 radical (unpaired) electrons. The number of hydrogen-bond acceptors (Lipinski definition) is 3. The summed E-state index contributed by atoms with van der Waals surface area (Å²) in [5.74, 6) is 1.07. The maximum atomic E-state index is 12.3. The molecule has 1 amide bonds. The summed E-state index contributed by atoms with van der Waals surface area (Å²) < 4.78 is 2.05. The lowest BCUT2D eigenvalue weighted by molar-refractivity contribution is -0.120. The Morgan fingerprint density at radius 2 is 1.59 bits per heavy atom. The second-order valence-electron chi connectivity index (χ2n) is 7.64. The molecule has 0 aliphatic carbocycles. The summed E-state index contributed by atoms with van der Waals surface area (Å²) in [6, 6.07) is 16.2. The minimum atomic E-state index is 0.0234. The minimum Gasteiger partial charge on any atom is -0.357 e. The number of nitrogens with one attached hydrogen (secondary N) is 1. The van der Waals surface area contributed by atoms with E-state index in [9.17, 15) is 4.79 Å². The monoisotopic (exact) mass is 388 g/mol. The average molecular weight is 389 g/mol. The van der Waals surface area contributed by atoms with Crippen LogP contribution in [0, 0.1) is 0 Å². The predicted octanol–water partition coefficient (Wildman–Crippen LogP) is 4.11. The van der Waals surface area contributed by atoms with Crippen LogP contribution in [0.5, 0.6) is 0 Å². The summed E-state index contributed by atoms with van der Waals surface area (Å²) in [5.41, 5.74) is 3.13. The van der Waals surface area contributed by atoms with Gasteiger partial charge in [0, 0.05) is 43.9 Å². The zero-order chi connectivity index (χ0) is 19.9. The first-order chi connectivity index (χ1) is 14.3. The minimum absolute atomic E-state index is 0.0234. The second kappa shape index (κ2) is 9.41. The number of benzene rings is 1. The molecule has 3 aromatic rings. The van der Waals surface area contributed by atoms with E-state index in [1.807, 2.05) is 59.6 Å². The van der Waals surface area contributed by atoms with Gasteiger partial charge in [-0.05, 0) is 54.3 Å². The first kappa shape index (κ1) is 19.2. The van der Waals surface area contributed by atoms with Gasteiger partial charge in [-0.1, -0.05) is 31.0 Å². The molecule has 1 aliphatic rings. The van der Waals surface area contributed by atoms with E-state index in [2.05, 4.69) is 27.3 Å². The molecule has 1 saturated heterocycles. The summed E-state index contributed by atoms with van der Waals surface area (Å²) in [4.78, 5) is 19.3. The fraction of sp³-hybridized carbons (Fsp3) is 0.333. The molecule has 1 aromatic carbocycles. The molecule has 0 saturated carbocycles. The van der Waals surface area contributed by atoms with E-state index >= 15 is 0 Å². The van der Waals surface area contributed by atoms with Crippen LogP contribution in [0.3, 0.4) is 0 Å². The van der Waals surface area contributed by atoms with Crippen molar-refractivity contribution in [3.63, 3.8) is 0 Å². The van der Waals surface area contributed by atoms with E-state index in [0.29, 0.717) is 13.0 Å². The van der Waals surface area contributed by atoms with Crippen LogP contribution in [0.2, 0.25) is 0 Å². The molecule has 0 bridgehead atoms. The SMILES string of the molecule is O=C(Cc1ccc(-n2cccc2)cc1)NCc1ccc(N2CCCCCC2)nc1. The molecule has 1 N–H and O–H groups in total.